The minimum Gasteiger partial charge on any atom is -0.458 e. The molecule has 0 saturated heterocycles. The number of ether oxygens (including phenoxy) is 1. The van der Waals surface area contributed by atoms with Gasteiger partial charge >= 0.3 is 13.0 Å². The third-order valence-corrected chi connectivity index (χ3v) is 9.52. The lowest BCUT2D eigenvalue weighted by Gasteiger charge is -2.53. The second kappa shape index (κ2) is 10.7. The Morgan fingerprint density at radius 3 is 2.32 bits per heavy atom. The molecule has 2 unspecified atom stereocenters. The highest BCUT2D eigenvalue weighted by Crippen LogP contribution is 2.62. The summed E-state index contributed by atoms with van der Waals surface area (Å²) < 4.78 is 10.1. The smallest absolute Gasteiger partial charge is 0.458 e. The number of aromatic nitrogens is 3. The molecule has 0 N–H and O–H groups in total. The van der Waals surface area contributed by atoms with Crippen molar-refractivity contribution in [3.63, 3.8) is 0 Å². The summed E-state index contributed by atoms with van der Waals surface area (Å²) in [5.41, 5.74) is 2.69. The number of pyridine rings is 3. The summed E-state index contributed by atoms with van der Waals surface area (Å²) >= 11 is 0. The van der Waals surface area contributed by atoms with Crippen LogP contribution in [0.1, 0.15) is 56.9 Å². The fraction of sp³-hybridized carbons (Fsp3) is 0.333. The first-order valence-corrected chi connectivity index (χ1v) is 14.7. The number of benzene rings is 1. The van der Waals surface area contributed by atoms with E-state index < -0.39 is 0 Å². The van der Waals surface area contributed by atoms with Gasteiger partial charge in [-0.05, 0) is 62.1 Å². The number of aryl methyl sites for hydroxylation is 1. The Morgan fingerprint density at radius 1 is 0.902 bits per heavy atom. The van der Waals surface area contributed by atoms with E-state index in [4.69, 9.17) is 9.72 Å². The first-order chi connectivity index (χ1) is 20.0. The fourth-order valence-corrected chi connectivity index (χ4v) is 7.33. The predicted molar refractivity (Wildman–Crippen MR) is 161 cm³/mol. The van der Waals surface area contributed by atoms with Crippen LogP contribution in [0.2, 0.25) is 5.31 Å². The van der Waals surface area contributed by atoms with E-state index in [2.05, 4.69) is 95.8 Å². The van der Waals surface area contributed by atoms with Crippen LogP contribution in [0.3, 0.4) is 0 Å². The molecule has 0 bridgehead atoms. The van der Waals surface area contributed by atoms with E-state index in [1.807, 2.05) is 37.6 Å². The molecule has 0 amide bonds. The molecule has 3 aromatic heterocycles. The zero-order chi connectivity index (χ0) is 28.6. The maximum atomic E-state index is 12.9. The van der Waals surface area contributed by atoms with Crippen molar-refractivity contribution < 1.29 is 18.7 Å². The van der Waals surface area contributed by atoms with Crippen LogP contribution in [0, 0.1) is 0 Å². The number of anilines is 4. The number of carbonyl (C=O) groups excluding carboxylic acids is 1. The molecular weight excluding hydrogens is 509 g/mol. The Balaban J connectivity index is 1.41. The number of esters is 1. The van der Waals surface area contributed by atoms with Crippen molar-refractivity contribution in [1.29, 1.82) is 0 Å². The van der Waals surface area contributed by atoms with E-state index in [9.17, 15) is 4.79 Å². The maximum absolute atomic E-state index is 12.9. The van der Waals surface area contributed by atoms with E-state index >= 15 is 0 Å². The number of hydrogen-bond donors (Lipinski definition) is 0. The van der Waals surface area contributed by atoms with E-state index in [-0.39, 0.29) is 23.8 Å². The highest BCUT2D eigenvalue weighted by atomic mass is 16.5. The van der Waals surface area contributed by atoms with Crippen molar-refractivity contribution in [3.8, 4) is 0 Å². The fourth-order valence-electron chi connectivity index (χ4n) is 7.33. The van der Waals surface area contributed by atoms with Crippen LogP contribution in [0.15, 0.2) is 97.5 Å². The molecule has 2 atom stereocenters. The normalized spacial score (nSPS) is 20.8. The van der Waals surface area contributed by atoms with E-state index in [1.54, 1.807) is 10.6 Å². The first kappa shape index (κ1) is 27.0. The summed E-state index contributed by atoms with van der Waals surface area (Å²) in [6.45, 7) is 7.45. The molecule has 0 aliphatic carbocycles. The van der Waals surface area contributed by atoms with Gasteiger partial charge in [0.25, 0.3) is 11.5 Å². The van der Waals surface area contributed by atoms with Crippen LogP contribution in [0.25, 0.3) is 0 Å². The van der Waals surface area contributed by atoms with Crippen LogP contribution in [0.4, 0.5) is 23.0 Å². The standard InChI is InChI=1S/C33H38BN5O2/c1-5-32(3)33(6-2,21-15-25-41-31(40)28-18-10-13-23-36(28)4)37-24-14-11-20-30(37)39-27-17-8-7-16-26(27)38(34(32)39)29-19-9-12-22-35-29/h7-14,16-20,22-24H,5-6,15,21,25H2,1-4H3/q+2. The predicted octanol–water partition coefficient (Wildman–Crippen LogP) is 5.90. The first-order valence-electron chi connectivity index (χ1n) is 14.7. The topological polar surface area (TPSA) is 53.4 Å². The van der Waals surface area contributed by atoms with Gasteiger partial charge in [-0.3, -0.25) is 4.81 Å². The number of rotatable bonds is 8. The third kappa shape index (κ3) is 4.11. The summed E-state index contributed by atoms with van der Waals surface area (Å²) in [6, 6.07) is 26.9. The third-order valence-electron chi connectivity index (χ3n) is 9.52. The minimum absolute atomic E-state index is 0.0214. The number of carbonyl (C=O) groups is 1. The van der Waals surface area contributed by atoms with Gasteiger partial charge in [-0.2, -0.15) is 4.57 Å². The lowest BCUT2D eigenvalue weighted by Crippen LogP contribution is -2.75. The molecule has 0 spiro atoms. The second-order valence-corrected chi connectivity index (χ2v) is 11.3. The molecule has 2 aliphatic heterocycles. The van der Waals surface area contributed by atoms with Gasteiger partial charge in [0.15, 0.2) is 6.20 Å². The van der Waals surface area contributed by atoms with Crippen molar-refractivity contribution in [2.75, 3.05) is 16.2 Å². The number of fused-ring (bicyclic) bond motifs is 5. The summed E-state index contributed by atoms with van der Waals surface area (Å²) in [7, 11) is 1.86. The van der Waals surface area contributed by atoms with Crippen molar-refractivity contribution in [1.82, 2.24) is 4.98 Å². The summed E-state index contributed by atoms with van der Waals surface area (Å²) in [4.78, 5) is 22.6. The van der Waals surface area contributed by atoms with Crippen molar-refractivity contribution in [3.05, 3.63) is 103 Å². The van der Waals surface area contributed by atoms with E-state index in [0.717, 1.165) is 31.5 Å². The largest absolute Gasteiger partial charge is 0.518 e. The highest BCUT2D eigenvalue weighted by molar-refractivity contribution is 6.76. The lowest BCUT2D eigenvalue weighted by atomic mass is 9.38. The Bertz CT molecular complexity index is 1570. The zero-order valence-electron chi connectivity index (χ0n) is 24.4. The molecule has 0 saturated carbocycles. The van der Waals surface area contributed by atoms with Gasteiger partial charge in [0.2, 0.25) is 0 Å². The number of nitrogens with zero attached hydrogens (tertiary/aromatic N) is 5. The molecule has 208 valence electrons. The zero-order valence-corrected chi connectivity index (χ0v) is 24.4. The molecule has 7 nitrogen and oxygen atoms in total. The van der Waals surface area contributed by atoms with Crippen LogP contribution in [-0.2, 0) is 17.3 Å². The Kier molecular flexibility index (Phi) is 7.02. The van der Waals surface area contributed by atoms with Crippen molar-refractivity contribution in [2.45, 2.75) is 57.3 Å². The van der Waals surface area contributed by atoms with Gasteiger partial charge in [0, 0.05) is 24.4 Å². The summed E-state index contributed by atoms with van der Waals surface area (Å²) in [5.74, 6) is 1.84. The number of hydrogen-bond acceptors (Lipinski definition) is 5. The van der Waals surface area contributed by atoms with E-state index in [0.29, 0.717) is 12.3 Å². The SMILES string of the molecule is CCC1(C)B2N(c3ccccn3)c3ccccc3N2c2cccc[n+]2C1(CC)CCCOC(=O)c1cccc[n+]1C. The quantitative estimate of drug-likeness (QED) is 0.119. The van der Waals surface area contributed by atoms with Crippen LogP contribution in [0.5, 0.6) is 0 Å². The van der Waals surface area contributed by atoms with Crippen LogP contribution < -0.4 is 18.8 Å². The molecule has 5 heterocycles. The maximum Gasteiger partial charge on any atom is 0.518 e. The number of para-hydroxylation sites is 2. The summed E-state index contributed by atoms with van der Waals surface area (Å²) in [5, 5.41) is -0.187. The van der Waals surface area contributed by atoms with Crippen molar-refractivity contribution in [2.24, 2.45) is 7.05 Å². The summed E-state index contributed by atoms with van der Waals surface area (Å²) in [6.07, 6.45) is 9.52. The highest BCUT2D eigenvalue weighted by Gasteiger charge is 2.71. The van der Waals surface area contributed by atoms with Crippen LogP contribution in [-0.4, -0.2) is 24.5 Å². The van der Waals surface area contributed by atoms with Crippen LogP contribution >= 0.6 is 0 Å². The van der Waals surface area contributed by atoms with E-state index in [1.165, 1.54) is 17.2 Å². The molecule has 41 heavy (non-hydrogen) atoms. The Hall–Kier alpha value is -4.20. The van der Waals surface area contributed by atoms with Gasteiger partial charge in [-0.25, -0.2) is 14.3 Å². The average Bonchev–Trinajstić information content (AvgIpc) is 3.37. The molecule has 6 rings (SSSR count). The Morgan fingerprint density at radius 2 is 1.61 bits per heavy atom. The minimum atomic E-state index is -0.285. The van der Waals surface area contributed by atoms with Gasteiger partial charge < -0.3 is 9.55 Å². The molecule has 8 heteroatoms. The molecule has 1 aromatic carbocycles. The van der Waals surface area contributed by atoms with Gasteiger partial charge in [-0.1, -0.05) is 45.0 Å². The van der Waals surface area contributed by atoms with Gasteiger partial charge in [0.05, 0.1) is 23.8 Å². The second-order valence-electron chi connectivity index (χ2n) is 11.3. The van der Waals surface area contributed by atoms with Crippen molar-refractivity contribution >= 4 is 36.0 Å². The monoisotopic (exact) mass is 547 g/mol. The molecule has 0 radical (unpaired) electrons. The van der Waals surface area contributed by atoms with Gasteiger partial charge in [-0.15, -0.1) is 0 Å². The molecular formula is C33H38BN5O2+2. The molecule has 2 aliphatic rings. The lowest BCUT2D eigenvalue weighted by molar-refractivity contribution is -0.763. The average molecular weight is 548 g/mol. The Labute approximate surface area is 243 Å². The molecule has 4 aromatic rings. The molecule has 0 fully saturated rings. The van der Waals surface area contributed by atoms with Gasteiger partial charge in [0.1, 0.15) is 24.1 Å².